The Hall–Kier alpha value is -4.99. The Morgan fingerprint density at radius 2 is 1.11 bits per heavy atom. The van der Waals surface area contributed by atoms with Crippen molar-refractivity contribution in [2.75, 3.05) is 0 Å². The summed E-state index contributed by atoms with van der Waals surface area (Å²) in [7, 11) is 4.13. The van der Waals surface area contributed by atoms with Crippen LogP contribution in [0.5, 0.6) is 0 Å². The van der Waals surface area contributed by atoms with E-state index in [4.69, 9.17) is 9.97 Å². The topological polar surface area (TPSA) is 40.6 Å². The van der Waals surface area contributed by atoms with Crippen molar-refractivity contribution in [3.63, 3.8) is 0 Å². The largest absolute Gasteiger partial charge is 2.00 e. The predicted molar refractivity (Wildman–Crippen MR) is 175 cm³/mol. The van der Waals surface area contributed by atoms with Crippen molar-refractivity contribution in [3.8, 4) is 28.5 Å². The first-order valence-corrected chi connectivity index (χ1v) is 14.4. The first kappa shape index (κ1) is 26.6. The molecule has 6 heteroatoms. The van der Waals surface area contributed by atoms with Gasteiger partial charge in [0.05, 0.1) is 33.7 Å². The summed E-state index contributed by atoms with van der Waals surface area (Å²) in [6.45, 7) is 0. The van der Waals surface area contributed by atoms with Gasteiger partial charge in [0.1, 0.15) is 0 Å². The van der Waals surface area contributed by atoms with E-state index in [1.807, 2.05) is 18.2 Å². The molecule has 44 heavy (non-hydrogen) atoms. The fourth-order valence-electron chi connectivity index (χ4n) is 6.50. The Morgan fingerprint density at radius 3 is 1.77 bits per heavy atom. The van der Waals surface area contributed by atoms with E-state index in [0.29, 0.717) is 0 Å². The molecule has 0 fully saturated rings. The summed E-state index contributed by atoms with van der Waals surface area (Å²) in [5.41, 5.74) is 9.09. The van der Waals surface area contributed by atoms with E-state index >= 15 is 0 Å². The smallest absolute Gasteiger partial charge is 0.367 e. The predicted octanol–water partition coefficient (Wildman–Crippen LogP) is 8.64. The molecule has 0 aliphatic heterocycles. The number of nitrogens with zero attached hydrogens (tertiary/aromatic N) is 5. The van der Waals surface area contributed by atoms with E-state index in [9.17, 15) is 0 Å². The minimum absolute atomic E-state index is 0. The molecular weight excluding hydrogens is 722 g/mol. The quantitative estimate of drug-likeness (QED) is 0.170. The van der Waals surface area contributed by atoms with Crippen LogP contribution in [0.4, 0.5) is 0 Å². The number of fused-ring (bicyclic) bond motifs is 6. The van der Waals surface area contributed by atoms with E-state index in [0.717, 1.165) is 66.9 Å². The molecule has 0 saturated heterocycles. The van der Waals surface area contributed by atoms with Crippen LogP contribution in [-0.2, 0) is 35.2 Å². The number of para-hydroxylation sites is 4. The summed E-state index contributed by atoms with van der Waals surface area (Å²) in [4.78, 5) is 9.94. The van der Waals surface area contributed by atoms with Crippen molar-refractivity contribution in [2.45, 2.75) is 0 Å². The maximum Gasteiger partial charge on any atom is 2.00 e. The average Bonchev–Trinajstić information content (AvgIpc) is 3.68. The van der Waals surface area contributed by atoms with Crippen LogP contribution < -0.4 is 0 Å². The first-order chi connectivity index (χ1) is 21.1. The van der Waals surface area contributed by atoms with Gasteiger partial charge in [0, 0.05) is 19.6 Å². The number of aryl methyl sites for hydroxylation is 2. The molecule has 9 aromatic rings. The standard InChI is InChI=1S/C38H25N5.Pt/c1-41-33-16-7-5-14-31(33)39-37(41)26-12-9-13-28(20-26)43-35-23-27(38-40-32-15-6-8-17-34(32)42(38)2)18-19-29(35)30-21-24-10-3-4-11-25(24)22-36(30)43;/h3-19,21-22H,1-2H3;/q-2;+2. The molecule has 212 valence electrons. The van der Waals surface area contributed by atoms with Crippen molar-refractivity contribution in [1.29, 1.82) is 0 Å². The average molecular weight is 747 g/mol. The second kappa shape index (κ2) is 10.0. The third-order valence-corrected chi connectivity index (χ3v) is 8.62. The Bertz CT molecular complexity index is 2550. The number of hydrogen-bond donors (Lipinski definition) is 0. The van der Waals surface area contributed by atoms with Crippen molar-refractivity contribution in [2.24, 2.45) is 14.1 Å². The molecule has 0 saturated carbocycles. The van der Waals surface area contributed by atoms with Crippen LogP contribution in [0.1, 0.15) is 0 Å². The van der Waals surface area contributed by atoms with E-state index in [-0.39, 0.29) is 21.1 Å². The summed E-state index contributed by atoms with van der Waals surface area (Å²) >= 11 is 0. The minimum atomic E-state index is 0. The van der Waals surface area contributed by atoms with Crippen LogP contribution in [0.25, 0.3) is 83.1 Å². The molecule has 0 unspecified atom stereocenters. The molecule has 0 atom stereocenters. The third kappa shape index (κ3) is 3.89. The van der Waals surface area contributed by atoms with Gasteiger partial charge in [-0.25, -0.2) is 0 Å². The fourth-order valence-corrected chi connectivity index (χ4v) is 6.50. The Kier molecular flexibility index (Phi) is 6.07. The zero-order valence-electron chi connectivity index (χ0n) is 24.0. The third-order valence-electron chi connectivity index (χ3n) is 8.62. The molecule has 6 aromatic carbocycles. The van der Waals surface area contributed by atoms with E-state index in [1.54, 1.807) is 0 Å². The number of imidazole rings is 2. The van der Waals surface area contributed by atoms with Crippen molar-refractivity contribution in [3.05, 3.63) is 127 Å². The summed E-state index contributed by atoms with van der Waals surface area (Å²) in [6, 6.07) is 47.8. The number of aromatic nitrogens is 5. The number of benzene rings is 6. The van der Waals surface area contributed by atoms with Gasteiger partial charge in [-0.15, -0.1) is 53.6 Å². The van der Waals surface area contributed by atoms with Gasteiger partial charge < -0.3 is 13.7 Å². The molecule has 0 bridgehead atoms. The normalized spacial score (nSPS) is 11.7. The fraction of sp³-hybridized carbons (Fsp3) is 0.0526. The van der Waals surface area contributed by atoms with Gasteiger partial charge in [0.15, 0.2) is 0 Å². The maximum atomic E-state index is 4.98. The molecule has 0 amide bonds. The van der Waals surface area contributed by atoms with Crippen LogP contribution >= 0.6 is 0 Å². The Labute approximate surface area is 268 Å². The molecular formula is C38H25N5Pt. The number of rotatable bonds is 3. The molecule has 0 aliphatic rings. The van der Waals surface area contributed by atoms with E-state index < -0.39 is 0 Å². The Balaban J connectivity index is 0.00000289. The van der Waals surface area contributed by atoms with Gasteiger partial charge in [0.25, 0.3) is 0 Å². The summed E-state index contributed by atoms with van der Waals surface area (Å²) in [5, 5.41) is 4.74. The van der Waals surface area contributed by atoms with Gasteiger partial charge in [-0.2, -0.15) is 0 Å². The number of hydrogen-bond acceptors (Lipinski definition) is 2. The van der Waals surface area contributed by atoms with Crippen LogP contribution in [0, 0.1) is 12.1 Å². The van der Waals surface area contributed by atoms with Crippen molar-refractivity contribution < 1.29 is 21.1 Å². The molecule has 0 radical (unpaired) electrons. The first-order valence-electron chi connectivity index (χ1n) is 14.4. The van der Waals surface area contributed by atoms with Gasteiger partial charge in [-0.1, -0.05) is 60.0 Å². The van der Waals surface area contributed by atoms with Gasteiger partial charge in [0.2, 0.25) is 0 Å². The maximum absolute atomic E-state index is 4.98. The van der Waals surface area contributed by atoms with Crippen LogP contribution in [-0.4, -0.2) is 23.7 Å². The zero-order valence-corrected chi connectivity index (χ0v) is 26.3. The molecule has 3 heterocycles. The zero-order chi connectivity index (χ0) is 28.7. The second-order valence-corrected chi connectivity index (χ2v) is 11.1. The SMILES string of the molecule is Cn1c(-c2[c-]c(-n3c4[c-]c(-c5nc6ccccc6n5C)ccc4c4cc5ccccc5cc43)ccc2)nc2ccccc21.[Pt+2]. The minimum Gasteiger partial charge on any atom is -0.367 e. The van der Waals surface area contributed by atoms with Gasteiger partial charge >= 0.3 is 21.1 Å². The van der Waals surface area contributed by atoms with Crippen molar-refractivity contribution >= 4 is 54.6 Å². The summed E-state index contributed by atoms with van der Waals surface area (Å²) in [6.07, 6.45) is 0. The molecule has 0 spiro atoms. The van der Waals surface area contributed by atoms with E-state index in [2.05, 4.69) is 137 Å². The summed E-state index contributed by atoms with van der Waals surface area (Å²) < 4.78 is 6.57. The molecule has 5 nitrogen and oxygen atoms in total. The molecule has 0 N–H and O–H groups in total. The van der Waals surface area contributed by atoms with Gasteiger partial charge in [-0.3, -0.25) is 9.97 Å². The van der Waals surface area contributed by atoms with Crippen LogP contribution in [0.2, 0.25) is 0 Å². The van der Waals surface area contributed by atoms with E-state index in [1.165, 1.54) is 16.2 Å². The van der Waals surface area contributed by atoms with Crippen LogP contribution in [0.15, 0.2) is 115 Å². The molecule has 3 aromatic heterocycles. The monoisotopic (exact) mass is 746 g/mol. The van der Waals surface area contributed by atoms with Crippen LogP contribution in [0.3, 0.4) is 0 Å². The Morgan fingerprint density at radius 1 is 0.523 bits per heavy atom. The summed E-state index contributed by atoms with van der Waals surface area (Å²) in [5.74, 6) is 1.78. The molecule has 0 aliphatic carbocycles. The second-order valence-electron chi connectivity index (χ2n) is 11.1. The van der Waals surface area contributed by atoms with Crippen molar-refractivity contribution in [1.82, 2.24) is 23.7 Å². The van der Waals surface area contributed by atoms with Gasteiger partial charge in [-0.05, 0) is 57.7 Å². The molecule has 9 rings (SSSR count).